The third-order valence-electron chi connectivity index (χ3n) is 5.21. The number of amides is 1. The smallest absolute Gasteiger partial charge is 0.267 e. The summed E-state index contributed by atoms with van der Waals surface area (Å²) in [5.74, 6) is -1.51. The van der Waals surface area contributed by atoms with E-state index in [1.54, 1.807) is 22.9 Å². The molecule has 2 aromatic heterocycles. The number of aromatic nitrogens is 2. The van der Waals surface area contributed by atoms with Crippen LogP contribution in [0.4, 0.5) is 8.78 Å². The molecule has 1 N–H and O–H groups in total. The van der Waals surface area contributed by atoms with Crippen LogP contribution in [0.25, 0.3) is 10.9 Å². The zero-order chi connectivity index (χ0) is 23.2. The van der Waals surface area contributed by atoms with Crippen molar-refractivity contribution in [2.24, 2.45) is 0 Å². The second-order valence-electron chi connectivity index (χ2n) is 7.48. The summed E-state index contributed by atoms with van der Waals surface area (Å²) in [5.41, 5.74) is 2.55. The van der Waals surface area contributed by atoms with Gasteiger partial charge in [-0.1, -0.05) is 30.9 Å². The Kier molecular flexibility index (Phi) is 6.78. The Hall–Kier alpha value is -4.00. The zero-order valence-corrected chi connectivity index (χ0v) is 17.9. The normalized spacial score (nSPS) is 10.8. The number of halogens is 2. The van der Waals surface area contributed by atoms with Crippen molar-refractivity contribution in [3.63, 3.8) is 0 Å². The van der Waals surface area contributed by atoms with Gasteiger partial charge >= 0.3 is 0 Å². The van der Waals surface area contributed by atoms with Gasteiger partial charge in [-0.05, 0) is 48.0 Å². The molecule has 0 saturated heterocycles. The maximum absolute atomic E-state index is 13.8. The summed E-state index contributed by atoms with van der Waals surface area (Å²) in [6, 6.07) is 16.6. The summed E-state index contributed by atoms with van der Waals surface area (Å²) in [5, 5.41) is 3.67. The van der Waals surface area contributed by atoms with E-state index in [-0.39, 0.29) is 12.5 Å². The predicted molar refractivity (Wildman–Crippen MR) is 123 cm³/mol. The molecule has 2 heterocycles. The molecule has 7 heteroatoms. The third-order valence-corrected chi connectivity index (χ3v) is 5.21. The third kappa shape index (κ3) is 5.09. The lowest BCUT2D eigenvalue weighted by atomic mass is 10.2. The van der Waals surface area contributed by atoms with Crippen molar-refractivity contribution in [3.05, 3.63) is 108 Å². The van der Waals surface area contributed by atoms with Crippen molar-refractivity contribution < 1.29 is 18.3 Å². The Morgan fingerprint density at radius 1 is 1.09 bits per heavy atom. The molecular weight excluding hydrogens is 424 g/mol. The molecule has 0 aliphatic rings. The minimum Gasteiger partial charge on any atom is -0.489 e. The van der Waals surface area contributed by atoms with Gasteiger partial charge in [0.15, 0.2) is 11.6 Å². The number of ether oxygens (including phenoxy) is 1. The SMILES string of the molecule is C=CCOc1cccc2c1cc(C(=O)NCCc1ccccn1)n2Cc1ccc(F)c(F)c1. The highest BCUT2D eigenvalue weighted by Crippen LogP contribution is 2.30. The van der Waals surface area contributed by atoms with Gasteiger partial charge in [0.2, 0.25) is 0 Å². The summed E-state index contributed by atoms with van der Waals surface area (Å²) >= 11 is 0. The van der Waals surface area contributed by atoms with Crippen LogP contribution in [0.2, 0.25) is 0 Å². The number of rotatable bonds is 9. The van der Waals surface area contributed by atoms with Gasteiger partial charge in [0.05, 0.1) is 5.52 Å². The van der Waals surface area contributed by atoms with Gasteiger partial charge < -0.3 is 14.6 Å². The van der Waals surface area contributed by atoms with Crippen LogP contribution in [-0.2, 0) is 13.0 Å². The summed E-state index contributed by atoms with van der Waals surface area (Å²) < 4.78 is 34.8. The van der Waals surface area contributed by atoms with E-state index in [1.165, 1.54) is 6.07 Å². The topological polar surface area (TPSA) is 56.1 Å². The number of nitrogens with zero attached hydrogens (tertiary/aromatic N) is 2. The number of carbonyl (C=O) groups excluding carboxylic acids is 1. The molecule has 168 valence electrons. The molecule has 0 unspecified atom stereocenters. The zero-order valence-electron chi connectivity index (χ0n) is 17.9. The van der Waals surface area contributed by atoms with E-state index in [2.05, 4.69) is 16.9 Å². The molecule has 0 saturated carbocycles. The molecule has 4 aromatic rings. The fraction of sp³-hybridized carbons (Fsp3) is 0.154. The van der Waals surface area contributed by atoms with Gasteiger partial charge in [0, 0.05) is 36.8 Å². The lowest BCUT2D eigenvalue weighted by Crippen LogP contribution is -2.28. The molecule has 5 nitrogen and oxygen atoms in total. The quantitative estimate of drug-likeness (QED) is 0.371. The molecule has 2 aromatic carbocycles. The predicted octanol–water partition coefficient (Wildman–Crippen LogP) is 4.90. The van der Waals surface area contributed by atoms with E-state index in [0.29, 0.717) is 36.6 Å². The fourth-order valence-electron chi connectivity index (χ4n) is 3.65. The van der Waals surface area contributed by atoms with E-state index >= 15 is 0 Å². The lowest BCUT2D eigenvalue weighted by Gasteiger charge is -2.12. The molecule has 0 spiro atoms. The summed E-state index contributed by atoms with van der Waals surface area (Å²) in [4.78, 5) is 17.4. The first-order chi connectivity index (χ1) is 16.1. The molecule has 0 atom stereocenters. The standard InChI is InChI=1S/C26H23F2N3O2/c1-2-14-33-25-8-5-7-23-20(25)16-24(26(32)30-13-11-19-6-3-4-12-29-19)31(23)17-18-9-10-21(27)22(28)15-18/h2-10,12,15-16H,1,11,13-14,17H2,(H,30,32). The second kappa shape index (κ2) is 10.1. The summed E-state index contributed by atoms with van der Waals surface area (Å²) in [6.07, 6.45) is 3.94. The van der Waals surface area contributed by atoms with Crippen molar-refractivity contribution in [3.8, 4) is 5.75 Å². The number of pyridine rings is 1. The Labute approximate surface area is 190 Å². The van der Waals surface area contributed by atoms with Gasteiger partial charge in [-0.25, -0.2) is 8.78 Å². The van der Waals surface area contributed by atoms with Gasteiger partial charge in [-0.2, -0.15) is 0 Å². The lowest BCUT2D eigenvalue weighted by molar-refractivity contribution is 0.0945. The number of benzene rings is 2. The highest BCUT2D eigenvalue weighted by atomic mass is 19.2. The van der Waals surface area contributed by atoms with Crippen LogP contribution in [0.1, 0.15) is 21.7 Å². The van der Waals surface area contributed by atoms with Crippen molar-refractivity contribution in [1.82, 2.24) is 14.9 Å². The van der Waals surface area contributed by atoms with Crippen molar-refractivity contribution in [2.75, 3.05) is 13.2 Å². The molecule has 0 bridgehead atoms. The average molecular weight is 447 g/mol. The minimum atomic E-state index is -0.930. The summed E-state index contributed by atoms with van der Waals surface area (Å²) in [6.45, 7) is 4.58. The fourth-order valence-corrected chi connectivity index (χ4v) is 3.65. The molecule has 0 radical (unpaired) electrons. The van der Waals surface area contributed by atoms with Crippen LogP contribution in [0.15, 0.2) is 79.5 Å². The molecule has 1 amide bonds. The number of hydrogen-bond acceptors (Lipinski definition) is 3. The van der Waals surface area contributed by atoms with Crippen LogP contribution in [0.3, 0.4) is 0 Å². The second-order valence-corrected chi connectivity index (χ2v) is 7.48. The first-order valence-electron chi connectivity index (χ1n) is 10.5. The van der Waals surface area contributed by atoms with E-state index in [4.69, 9.17) is 4.74 Å². The highest BCUT2D eigenvalue weighted by Gasteiger charge is 2.18. The summed E-state index contributed by atoms with van der Waals surface area (Å²) in [7, 11) is 0. The van der Waals surface area contributed by atoms with Gasteiger partial charge in [-0.15, -0.1) is 0 Å². The molecule has 0 fully saturated rings. The maximum Gasteiger partial charge on any atom is 0.267 e. The number of hydrogen-bond donors (Lipinski definition) is 1. The molecule has 0 aliphatic heterocycles. The minimum absolute atomic E-state index is 0.189. The molecule has 33 heavy (non-hydrogen) atoms. The van der Waals surface area contributed by atoms with Crippen molar-refractivity contribution in [1.29, 1.82) is 0 Å². The van der Waals surface area contributed by atoms with Crippen LogP contribution in [0, 0.1) is 11.6 Å². The largest absolute Gasteiger partial charge is 0.489 e. The molecular formula is C26H23F2N3O2. The van der Waals surface area contributed by atoms with E-state index in [1.807, 2.05) is 36.4 Å². The van der Waals surface area contributed by atoms with E-state index in [9.17, 15) is 13.6 Å². The van der Waals surface area contributed by atoms with Crippen LogP contribution >= 0.6 is 0 Å². The first kappa shape index (κ1) is 22.2. The molecule has 0 aliphatic carbocycles. The van der Waals surface area contributed by atoms with Gasteiger partial charge in [0.25, 0.3) is 5.91 Å². The average Bonchev–Trinajstić information content (AvgIpc) is 3.20. The number of carbonyl (C=O) groups is 1. The van der Waals surface area contributed by atoms with Crippen LogP contribution in [0.5, 0.6) is 5.75 Å². The highest BCUT2D eigenvalue weighted by molar-refractivity contribution is 6.00. The van der Waals surface area contributed by atoms with Gasteiger partial charge in [0.1, 0.15) is 18.1 Å². The van der Waals surface area contributed by atoms with Crippen molar-refractivity contribution >= 4 is 16.8 Å². The van der Waals surface area contributed by atoms with Crippen LogP contribution in [-0.4, -0.2) is 28.6 Å². The van der Waals surface area contributed by atoms with Crippen LogP contribution < -0.4 is 10.1 Å². The number of fused-ring (bicyclic) bond motifs is 1. The Bertz CT molecular complexity index is 1290. The number of nitrogens with one attached hydrogen (secondary N) is 1. The van der Waals surface area contributed by atoms with Gasteiger partial charge in [-0.3, -0.25) is 9.78 Å². The van der Waals surface area contributed by atoms with Crippen molar-refractivity contribution in [2.45, 2.75) is 13.0 Å². The molecule has 4 rings (SSSR count). The Morgan fingerprint density at radius 2 is 1.97 bits per heavy atom. The Morgan fingerprint density at radius 3 is 2.73 bits per heavy atom. The monoisotopic (exact) mass is 447 g/mol. The Balaban J connectivity index is 1.66. The first-order valence-corrected chi connectivity index (χ1v) is 10.5. The maximum atomic E-state index is 13.8. The van der Waals surface area contributed by atoms with E-state index in [0.717, 1.165) is 28.7 Å². The van der Waals surface area contributed by atoms with E-state index < -0.39 is 11.6 Å².